The molecule has 1 saturated carbocycles. The quantitative estimate of drug-likeness (QED) is 0.626. The van der Waals surface area contributed by atoms with Crippen molar-refractivity contribution in [1.29, 1.82) is 0 Å². The molecule has 144 valence electrons. The first-order valence-corrected chi connectivity index (χ1v) is 10.3. The van der Waals surface area contributed by atoms with Crippen LogP contribution in [-0.4, -0.2) is 43.7 Å². The fourth-order valence-electron chi connectivity index (χ4n) is 4.34. The van der Waals surface area contributed by atoms with Crippen molar-refractivity contribution >= 4 is 11.8 Å². The van der Waals surface area contributed by atoms with Crippen LogP contribution in [0.25, 0.3) is 0 Å². The normalized spacial score (nSPS) is 21.0. The fraction of sp³-hybridized carbons (Fsp3) is 0.714. The van der Waals surface area contributed by atoms with Crippen LogP contribution in [0.15, 0.2) is 23.3 Å². The summed E-state index contributed by atoms with van der Waals surface area (Å²) in [4.78, 5) is 11.4. The summed E-state index contributed by atoms with van der Waals surface area (Å²) < 4.78 is 0. The van der Waals surface area contributed by atoms with Crippen molar-refractivity contribution in [1.82, 2.24) is 15.6 Å². The van der Waals surface area contributed by atoms with Gasteiger partial charge in [0.25, 0.3) is 0 Å². The minimum Gasteiger partial charge on any atom is -0.356 e. The number of aliphatic imine (C=N–C) groups is 1. The van der Waals surface area contributed by atoms with E-state index in [1.54, 1.807) is 0 Å². The van der Waals surface area contributed by atoms with Crippen molar-refractivity contribution in [2.75, 3.05) is 31.6 Å². The fourth-order valence-corrected chi connectivity index (χ4v) is 4.34. The monoisotopic (exact) mass is 357 g/mol. The first kappa shape index (κ1) is 19.0. The number of rotatable bonds is 5. The van der Waals surface area contributed by atoms with Crippen LogP contribution < -0.4 is 15.5 Å². The molecule has 1 aliphatic heterocycles. The molecule has 5 nitrogen and oxygen atoms in total. The number of nitrogens with zero attached hydrogens (tertiary/aromatic N) is 3. The van der Waals surface area contributed by atoms with Crippen molar-refractivity contribution in [3.63, 3.8) is 0 Å². The van der Waals surface area contributed by atoms with Gasteiger partial charge in [-0.2, -0.15) is 0 Å². The summed E-state index contributed by atoms with van der Waals surface area (Å²) in [7, 11) is 1.88. The van der Waals surface area contributed by atoms with Gasteiger partial charge in [0.2, 0.25) is 0 Å². The molecule has 2 N–H and O–H groups in total. The zero-order valence-electron chi connectivity index (χ0n) is 16.7. The molecule has 0 radical (unpaired) electrons. The summed E-state index contributed by atoms with van der Waals surface area (Å²) >= 11 is 0. The largest absolute Gasteiger partial charge is 0.356 e. The highest BCUT2D eigenvalue weighted by molar-refractivity contribution is 5.80. The number of nitrogens with one attached hydrogen (secondary N) is 2. The predicted octanol–water partition coefficient (Wildman–Crippen LogP) is 3.49. The van der Waals surface area contributed by atoms with Crippen LogP contribution in [0.5, 0.6) is 0 Å². The van der Waals surface area contributed by atoms with Crippen molar-refractivity contribution in [2.24, 2.45) is 10.4 Å². The van der Waals surface area contributed by atoms with E-state index < -0.39 is 0 Å². The summed E-state index contributed by atoms with van der Waals surface area (Å²) in [6.45, 7) is 7.56. The van der Waals surface area contributed by atoms with E-state index in [4.69, 9.17) is 0 Å². The first-order chi connectivity index (χ1) is 12.6. The predicted molar refractivity (Wildman–Crippen MR) is 110 cm³/mol. The Kier molecular flexibility index (Phi) is 6.38. The molecule has 1 aromatic rings. The van der Waals surface area contributed by atoms with Crippen LogP contribution in [0, 0.1) is 12.3 Å². The topological polar surface area (TPSA) is 52.6 Å². The van der Waals surface area contributed by atoms with Gasteiger partial charge in [-0.3, -0.25) is 4.99 Å². The van der Waals surface area contributed by atoms with Crippen LogP contribution in [0.1, 0.15) is 57.4 Å². The molecular weight excluding hydrogens is 322 g/mol. The lowest BCUT2D eigenvalue weighted by atomic mass is 9.83. The highest BCUT2D eigenvalue weighted by Crippen LogP contribution is 2.40. The highest BCUT2D eigenvalue weighted by atomic mass is 15.2. The number of hydrogen-bond acceptors (Lipinski definition) is 3. The number of pyridine rings is 1. The zero-order valence-corrected chi connectivity index (χ0v) is 16.7. The van der Waals surface area contributed by atoms with E-state index in [2.05, 4.69) is 51.5 Å². The first-order valence-electron chi connectivity index (χ1n) is 10.3. The molecule has 1 aliphatic carbocycles. The van der Waals surface area contributed by atoms with Gasteiger partial charge in [0.05, 0.1) is 0 Å². The highest BCUT2D eigenvalue weighted by Gasteiger charge is 2.32. The Morgan fingerprint density at radius 3 is 2.58 bits per heavy atom. The maximum atomic E-state index is 4.56. The van der Waals surface area contributed by atoms with Crippen LogP contribution in [0.3, 0.4) is 0 Å². The molecule has 3 rings (SSSR count). The Morgan fingerprint density at radius 1 is 1.27 bits per heavy atom. The smallest absolute Gasteiger partial charge is 0.191 e. The van der Waals surface area contributed by atoms with Crippen molar-refractivity contribution in [3.05, 3.63) is 23.9 Å². The third-order valence-corrected chi connectivity index (χ3v) is 6.32. The van der Waals surface area contributed by atoms with E-state index in [9.17, 15) is 0 Å². The molecule has 0 atom stereocenters. The Morgan fingerprint density at radius 2 is 2.00 bits per heavy atom. The van der Waals surface area contributed by atoms with E-state index in [0.717, 1.165) is 44.3 Å². The lowest BCUT2D eigenvalue weighted by Crippen LogP contribution is -2.50. The molecule has 2 fully saturated rings. The van der Waals surface area contributed by atoms with E-state index in [-0.39, 0.29) is 0 Å². The maximum Gasteiger partial charge on any atom is 0.191 e. The third-order valence-electron chi connectivity index (χ3n) is 6.32. The summed E-state index contributed by atoms with van der Waals surface area (Å²) in [5, 5.41) is 7.26. The van der Waals surface area contributed by atoms with Crippen LogP contribution in [-0.2, 0) is 0 Å². The zero-order chi connectivity index (χ0) is 18.4. The van der Waals surface area contributed by atoms with Gasteiger partial charge in [-0.1, -0.05) is 25.8 Å². The minimum atomic E-state index is 0.484. The summed E-state index contributed by atoms with van der Waals surface area (Å²) in [5.74, 6) is 2.07. The second-order valence-corrected chi connectivity index (χ2v) is 8.09. The molecule has 2 heterocycles. The summed E-state index contributed by atoms with van der Waals surface area (Å²) in [6.07, 6.45) is 10.9. The number of anilines is 1. The SMILES string of the molecule is CCC1(CNC(=NC)NC2CCN(c3ccc(C)cn3)CC2)CCCC1. The van der Waals surface area contributed by atoms with Crippen molar-refractivity contribution in [2.45, 2.75) is 64.8 Å². The van der Waals surface area contributed by atoms with Gasteiger partial charge in [0, 0.05) is 38.9 Å². The van der Waals surface area contributed by atoms with Crippen LogP contribution in [0.4, 0.5) is 5.82 Å². The van der Waals surface area contributed by atoms with Crippen molar-refractivity contribution in [3.8, 4) is 0 Å². The molecule has 0 spiro atoms. The average molecular weight is 358 g/mol. The van der Waals surface area contributed by atoms with E-state index in [1.807, 2.05) is 13.2 Å². The van der Waals surface area contributed by atoms with Gasteiger partial charge in [0.15, 0.2) is 5.96 Å². The number of piperidine rings is 1. The molecule has 5 heteroatoms. The molecule has 0 amide bonds. The van der Waals surface area contributed by atoms with E-state index in [1.165, 1.54) is 37.7 Å². The molecule has 0 bridgehead atoms. The van der Waals surface area contributed by atoms with Crippen LogP contribution >= 0.6 is 0 Å². The maximum absolute atomic E-state index is 4.56. The van der Waals surface area contributed by atoms with Gasteiger partial charge < -0.3 is 15.5 Å². The summed E-state index contributed by atoms with van der Waals surface area (Å²) in [6, 6.07) is 4.77. The second-order valence-electron chi connectivity index (χ2n) is 8.09. The molecular formula is C21H35N5. The lowest BCUT2D eigenvalue weighted by Gasteiger charge is -2.34. The molecule has 26 heavy (non-hydrogen) atoms. The molecule has 1 saturated heterocycles. The van der Waals surface area contributed by atoms with Gasteiger partial charge in [0.1, 0.15) is 5.82 Å². The van der Waals surface area contributed by atoms with Crippen molar-refractivity contribution < 1.29 is 0 Å². The van der Waals surface area contributed by atoms with Gasteiger partial charge in [-0.25, -0.2) is 4.98 Å². The van der Waals surface area contributed by atoms with Gasteiger partial charge >= 0.3 is 0 Å². The Bertz CT molecular complexity index is 581. The second kappa shape index (κ2) is 8.74. The third kappa shape index (κ3) is 4.68. The van der Waals surface area contributed by atoms with E-state index in [0.29, 0.717) is 11.5 Å². The molecule has 1 aromatic heterocycles. The minimum absolute atomic E-state index is 0.484. The summed E-state index contributed by atoms with van der Waals surface area (Å²) in [5.41, 5.74) is 1.70. The number of aryl methyl sites for hydroxylation is 1. The Labute approximate surface area is 158 Å². The lowest BCUT2D eigenvalue weighted by molar-refractivity contribution is 0.282. The number of aromatic nitrogens is 1. The molecule has 0 aromatic carbocycles. The number of guanidine groups is 1. The molecule has 2 aliphatic rings. The molecule has 0 unspecified atom stereocenters. The number of hydrogen-bond donors (Lipinski definition) is 2. The standard InChI is InChI=1S/C21H35N5/c1-4-21(11-5-6-12-21)16-24-20(22-3)25-18-9-13-26(14-10-18)19-8-7-17(2)15-23-19/h7-8,15,18H,4-6,9-14,16H2,1-3H3,(H2,22,24,25). The van der Waals surface area contributed by atoms with Crippen LogP contribution in [0.2, 0.25) is 0 Å². The van der Waals surface area contributed by atoms with E-state index >= 15 is 0 Å². The van der Waals surface area contributed by atoms with Gasteiger partial charge in [-0.15, -0.1) is 0 Å². The Balaban J connectivity index is 1.46. The van der Waals surface area contributed by atoms with Gasteiger partial charge in [-0.05, 0) is 56.1 Å². The average Bonchev–Trinajstić information content (AvgIpc) is 3.16. The Hall–Kier alpha value is -1.78.